The Morgan fingerprint density at radius 2 is 1.58 bits per heavy atom. The van der Waals surface area contributed by atoms with Gasteiger partial charge in [-0.2, -0.15) is 0 Å². The van der Waals surface area contributed by atoms with Crippen molar-refractivity contribution in [2.75, 3.05) is 10.6 Å². The number of nitrogens with two attached hydrogens (primary N) is 1. The Balaban J connectivity index is 2.03. The number of halogens is 1. The van der Waals surface area contributed by atoms with Crippen LogP contribution in [0.25, 0.3) is 0 Å². The van der Waals surface area contributed by atoms with Crippen molar-refractivity contribution >= 4 is 39.2 Å². The molecule has 6 nitrogen and oxygen atoms in total. The van der Waals surface area contributed by atoms with Crippen molar-refractivity contribution in [2.24, 2.45) is 5.73 Å². The predicted octanol–water partition coefficient (Wildman–Crippen LogP) is 2.79. The fraction of sp³-hybridized carbons (Fsp3) is 0. The summed E-state index contributed by atoms with van der Waals surface area (Å²) in [7, 11) is 0. The number of hydrogen-bond acceptors (Lipinski definition) is 3. The number of carbonyl (C=O) groups is 2. The summed E-state index contributed by atoms with van der Waals surface area (Å²) in [5.41, 5.74) is 6.11. The molecular weight excluding hydrogens is 314 g/mol. The van der Waals surface area contributed by atoms with Crippen LogP contribution in [0.2, 0.25) is 0 Å². The smallest absolute Gasteiger partial charge is 0.316 e. The molecule has 4 N–H and O–H groups in total. The molecule has 3 amide bonds. The lowest BCUT2D eigenvalue weighted by Crippen LogP contribution is -2.19. The number of hydrogen-bond donors (Lipinski definition) is 3. The average molecular weight is 324 g/mol. The molecule has 19 heavy (non-hydrogen) atoms. The third kappa shape index (κ3) is 3.59. The fourth-order valence-corrected chi connectivity index (χ4v) is 1.71. The number of rotatable bonds is 3. The molecule has 0 saturated carbocycles. The highest BCUT2D eigenvalue weighted by Crippen LogP contribution is 2.17. The fourth-order valence-electron chi connectivity index (χ4n) is 1.41. The van der Waals surface area contributed by atoms with Crippen LogP contribution in [0.4, 0.5) is 16.2 Å². The topological polar surface area (TPSA) is 97.4 Å². The molecule has 1 aromatic heterocycles. The zero-order valence-corrected chi connectivity index (χ0v) is 11.2. The molecular formula is C12H10BrN3O3. The van der Waals surface area contributed by atoms with Gasteiger partial charge < -0.3 is 20.8 Å². The molecule has 1 aromatic carbocycles. The van der Waals surface area contributed by atoms with Gasteiger partial charge in [0.1, 0.15) is 0 Å². The summed E-state index contributed by atoms with van der Waals surface area (Å²) >= 11 is 3.12. The maximum Gasteiger partial charge on any atom is 0.316 e. The number of amides is 3. The predicted molar refractivity (Wildman–Crippen MR) is 74.0 cm³/mol. The number of carbonyl (C=O) groups excluding carboxylic acids is 2. The standard InChI is InChI=1S/C12H10BrN3O3/c13-10-6-5-9(19-10)11(17)15-7-1-3-8(4-2-7)16-12(14)18/h1-6H,(H,15,17)(H3,14,16,18). The highest BCUT2D eigenvalue weighted by molar-refractivity contribution is 9.10. The van der Waals surface area contributed by atoms with Crippen molar-refractivity contribution in [1.82, 2.24) is 0 Å². The summed E-state index contributed by atoms with van der Waals surface area (Å²) in [6.07, 6.45) is 0. The van der Waals surface area contributed by atoms with E-state index in [1.807, 2.05) is 0 Å². The second kappa shape index (κ2) is 5.57. The molecule has 0 spiro atoms. The van der Waals surface area contributed by atoms with Gasteiger partial charge in [-0.05, 0) is 52.3 Å². The van der Waals surface area contributed by atoms with Crippen molar-refractivity contribution in [1.29, 1.82) is 0 Å². The Kier molecular flexibility index (Phi) is 3.86. The first-order chi connectivity index (χ1) is 9.04. The van der Waals surface area contributed by atoms with Gasteiger partial charge in [-0.3, -0.25) is 4.79 Å². The first-order valence-electron chi connectivity index (χ1n) is 5.28. The number of nitrogens with one attached hydrogen (secondary N) is 2. The molecule has 0 aliphatic carbocycles. The van der Waals surface area contributed by atoms with Crippen LogP contribution in [-0.2, 0) is 0 Å². The minimum atomic E-state index is -0.641. The summed E-state index contributed by atoms with van der Waals surface area (Å²) in [5, 5.41) is 5.08. The van der Waals surface area contributed by atoms with Crippen molar-refractivity contribution in [3.8, 4) is 0 Å². The number of urea groups is 1. The van der Waals surface area contributed by atoms with Crippen LogP contribution in [0.3, 0.4) is 0 Å². The molecule has 0 radical (unpaired) electrons. The molecule has 0 saturated heterocycles. The summed E-state index contributed by atoms with van der Waals surface area (Å²) in [4.78, 5) is 22.4. The summed E-state index contributed by atoms with van der Waals surface area (Å²) in [6.45, 7) is 0. The van der Waals surface area contributed by atoms with Crippen molar-refractivity contribution in [3.05, 3.63) is 46.8 Å². The Morgan fingerprint density at radius 3 is 2.05 bits per heavy atom. The van der Waals surface area contributed by atoms with Crippen molar-refractivity contribution in [3.63, 3.8) is 0 Å². The molecule has 98 valence electrons. The van der Waals surface area contributed by atoms with E-state index in [0.29, 0.717) is 16.0 Å². The molecule has 0 unspecified atom stereocenters. The summed E-state index contributed by atoms with van der Waals surface area (Å²) < 4.78 is 5.61. The van der Waals surface area contributed by atoms with Gasteiger partial charge in [-0.15, -0.1) is 0 Å². The van der Waals surface area contributed by atoms with Gasteiger partial charge in [-0.1, -0.05) is 0 Å². The molecule has 0 bridgehead atoms. The van der Waals surface area contributed by atoms with E-state index in [-0.39, 0.29) is 11.7 Å². The van der Waals surface area contributed by atoms with Gasteiger partial charge >= 0.3 is 6.03 Å². The highest BCUT2D eigenvalue weighted by Gasteiger charge is 2.10. The molecule has 0 fully saturated rings. The molecule has 2 rings (SSSR count). The number of anilines is 2. The Labute approximate surface area is 117 Å². The minimum Gasteiger partial charge on any atom is -0.444 e. The van der Waals surface area contributed by atoms with Crippen LogP contribution in [0.5, 0.6) is 0 Å². The largest absolute Gasteiger partial charge is 0.444 e. The normalized spacial score (nSPS) is 9.95. The van der Waals surface area contributed by atoms with Crippen LogP contribution in [0.15, 0.2) is 45.5 Å². The first-order valence-corrected chi connectivity index (χ1v) is 6.07. The highest BCUT2D eigenvalue weighted by atomic mass is 79.9. The van der Waals surface area contributed by atoms with E-state index in [1.54, 1.807) is 36.4 Å². The van der Waals surface area contributed by atoms with Crippen molar-refractivity contribution < 1.29 is 14.0 Å². The summed E-state index contributed by atoms with van der Waals surface area (Å²) in [5.74, 6) is -0.160. The van der Waals surface area contributed by atoms with Gasteiger partial charge in [0.15, 0.2) is 10.4 Å². The Bertz CT molecular complexity index is 607. The van der Waals surface area contributed by atoms with Crippen LogP contribution >= 0.6 is 15.9 Å². The maximum atomic E-state index is 11.8. The van der Waals surface area contributed by atoms with Gasteiger partial charge in [0, 0.05) is 11.4 Å². The number of furan rings is 1. The van der Waals surface area contributed by atoms with Crippen LogP contribution in [0.1, 0.15) is 10.6 Å². The van der Waals surface area contributed by atoms with E-state index in [4.69, 9.17) is 10.2 Å². The molecule has 0 atom stereocenters. The molecule has 0 aliphatic heterocycles. The zero-order chi connectivity index (χ0) is 13.8. The van der Waals surface area contributed by atoms with Crippen molar-refractivity contribution in [2.45, 2.75) is 0 Å². The molecule has 7 heteroatoms. The van der Waals surface area contributed by atoms with E-state index in [2.05, 4.69) is 26.6 Å². The third-order valence-corrected chi connectivity index (χ3v) is 2.63. The molecule has 1 heterocycles. The first kappa shape index (κ1) is 13.2. The lowest BCUT2D eigenvalue weighted by molar-refractivity contribution is 0.0995. The molecule has 2 aromatic rings. The second-order valence-corrected chi connectivity index (χ2v) is 4.41. The van der Waals surface area contributed by atoms with Gasteiger partial charge in [0.25, 0.3) is 5.91 Å². The third-order valence-electron chi connectivity index (χ3n) is 2.21. The number of benzene rings is 1. The summed E-state index contributed by atoms with van der Waals surface area (Å²) in [6, 6.07) is 9.08. The lowest BCUT2D eigenvalue weighted by atomic mass is 10.2. The zero-order valence-electron chi connectivity index (χ0n) is 9.64. The van der Waals surface area contributed by atoms with Crippen LogP contribution < -0.4 is 16.4 Å². The Morgan fingerprint density at radius 1 is 1.00 bits per heavy atom. The van der Waals surface area contributed by atoms with E-state index in [0.717, 1.165) is 0 Å². The SMILES string of the molecule is NC(=O)Nc1ccc(NC(=O)c2ccc(Br)o2)cc1. The van der Waals surface area contributed by atoms with E-state index in [1.165, 1.54) is 0 Å². The van der Waals surface area contributed by atoms with E-state index >= 15 is 0 Å². The van der Waals surface area contributed by atoms with Crippen LogP contribution in [-0.4, -0.2) is 11.9 Å². The maximum absolute atomic E-state index is 11.8. The monoisotopic (exact) mass is 323 g/mol. The second-order valence-electron chi connectivity index (χ2n) is 3.62. The van der Waals surface area contributed by atoms with E-state index in [9.17, 15) is 9.59 Å². The van der Waals surface area contributed by atoms with Gasteiger partial charge in [0.2, 0.25) is 0 Å². The number of primary amides is 1. The van der Waals surface area contributed by atoms with Gasteiger partial charge in [-0.25, -0.2) is 4.79 Å². The Hall–Kier alpha value is -2.28. The van der Waals surface area contributed by atoms with Crippen LogP contribution in [0, 0.1) is 0 Å². The van der Waals surface area contributed by atoms with Gasteiger partial charge in [0.05, 0.1) is 0 Å². The quantitative estimate of drug-likeness (QED) is 0.810. The lowest BCUT2D eigenvalue weighted by Gasteiger charge is -2.05. The minimum absolute atomic E-state index is 0.200. The average Bonchev–Trinajstić information content (AvgIpc) is 2.78. The van der Waals surface area contributed by atoms with E-state index < -0.39 is 6.03 Å². The molecule has 0 aliphatic rings.